The normalized spacial score (nSPS) is 21.2. The zero-order valence-electron chi connectivity index (χ0n) is 23.6. The Morgan fingerprint density at radius 3 is 2.60 bits per heavy atom. The van der Waals surface area contributed by atoms with Crippen LogP contribution in [0, 0.1) is 25.6 Å². The van der Waals surface area contributed by atoms with Gasteiger partial charge in [-0.25, -0.2) is 4.39 Å². The molecule has 4 N–H and O–H groups in total. The lowest BCUT2D eigenvalue weighted by atomic mass is 9.80. The van der Waals surface area contributed by atoms with Crippen molar-refractivity contribution in [2.75, 3.05) is 26.1 Å². The summed E-state index contributed by atoms with van der Waals surface area (Å²) in [5, 5.41) is 17.1. The number of nitrogens with one attached hydrogen (secondary N) is 3. The van der Waals surface area contributed by atoms with Crippen molar-refractivity contribution in [3.05, 3.63) is 63.0 Å². The van der Waals surface area contributed by atoms with E-state index in [1.54, 1.807) is 6.07 Å². The number of halogens is 1. The van der Waals surface area contributed by atoms with Crippen molar-refractivity contribution < 1.29 is 19.0 Å². The van der Waals surface area contributed by atoms with Gasteiger partial charge in [-0.05, 0) is 82.9 Å². The van der Waals surface area contributed by atoms with Gasteiger partial charge >= 0.3 is 0 Å². The Balaban J connectivity index is 1.37. The fourth-order valence-corrected chi connectivity index (χ4v) is 7.18. The first-order valence-corrected chi connectivity index (χ1v) is 15.2. The molecule has 1 saturated heterocycles. The fourth-order valence-electron chi connectivity index (χ4n) is 6.47. The van der Waals surface area contributed by atoms with Crippen LogP contribution in [-0.2, 0) is 11.3 Å². The van der Waals surface area contributed by atoms with E-state index < -0.39 is 0 Å². The van der Waals surface area contributed by atoms with Crippen LogP contribution in [0.25, 0.3) is 10.9 Å². The Bertz CT molecular complexity index is 1450. The van der Waals surface area contributed by atoms with Crippen molar-refractivity contribution in [1.29, 1.82) is 0 Å². The average Bonchev–Trinajstić information content (AvgIpc) is 3.20. The maximum atomic E-state index is 14.5. The summed E-state index contributed by atoms with van der Waals surface area (Å²) in [5.74, 6) is -0.257. The van der Waals surface area contributed by atoms with Gasteiger partial charge in [-0.1, -0.05) is 0 Å². The van der Waals surface area contributed by atoms with Gasteiger partial charge in [0.05, 0.1) is 36.4 Å². The predicted octanol–water partition coefficient (Wildman–Crippen LogP) is 4.21. The van der Waals surface area contributed by atoms with Crippen molar-refractivity contribution in [3.63, 3.8) is 0 Å². The minimum Gasteiger partial charge on any atom is -0.394 e. The molecule has 1 atom stereocenters. The Morgan fingerprint density at radius 1 is 1.25 bits per heavy atom. The third kappa shape index (κ3) is 5.46. The number of H-pyrrole nitrogens is 1. The molecule has 0 unspecified atom stereocenters. The van der Waals surface area contributed by atoms with Gasteiger partial charge in [-0.15, -0.1) is 11.8 Å². The molecule has 1 aliphatic heterocycles. The molecule has 0 spiro atoms. The molecule has 10 heteroatoms. The van der Waals surface area contributed by atoms with E-state index in [4.69, 9.17) is 4.74 Å². The lowest BCUT2D eigenvalue weighted by Crippen LogP contribution is -2.65. The van der Waals surface area contributed by atoms with E-state index in [9.17, 15) is 19.1 Å². The first-order valence-electron chi connectivity index (χ1n) is 14.0. The minimum absolute atomic E-state index is 0.0636. The summed E-state index contributed by atoms with van der Waals surface area (Å²) in [6.07, 6.45) is 5.86. The highest BCUT2D eigenvalue weighted by Crippen LogP contribution is 2.38. The van der Waals surface area contributed by atoms with Crippen LogP contribution < -0.4 is 16.2 Å². The number of hydrogen-bond acceptors (Lipinski definition) is 6. The van der Waals surface area contributed by atoms with Gasteiger partial charge in [-0.3, -0.25) is 9.59 Å². The van der Waals surface area contributed by atoms with Crippen LogP contribution in [0.5, 0.6) is 0 Å². The second kappa shape index (κ2) is 11.7. The van der Waals surface area contributed by atoms with Gasteiger partial charge in [0.15, 0.2) is 0 Å². The average molecular weight is 571 g/mol. The molecule has 8 nitrogen and oxygen atoms in total. The molecule has 1 saturated carbocycles. The highest BCUT2D eigenvalue weighted by molar-refractivity contribution is 7.98. The smallest absolute Gasteiger partial charge is 0.254 e. The van der Waals surface area contributed by atoms with Gasteiger partial charge in [0.1, 0.15) is 5.82 Å². The highest BCUT2D eigenvalue weighted by Gasteiger charge is 2.40. The zero-order chi connectivity index (χ0) is 28.6. The van der Waals surface area contributed by atoms with Crippen LogP contribution in [0.2, 0.25) is 0 Å². The molecular weight excluding hydrogens is 531 g/mol. The number of hydrogen-bond donors (Lipinski definition) is 4. The number of pyridine rings is 1. The SMILES string of the molecule is CSc1cc(C)[nH]c(=O)c1CNC(=O)c1c(C)n([C@H](C)C2CCC(NC3(CO)COC3)CC2)c2cc(F)ccc12. The topological polar surface area (TPSA) is 108 Å². The van der Waals surface area contributed by atoms with Gasteiger partial charge in [0, 0.05) is 45.9 Å². The number of aliphatic hydroxyl groups excluding tert-OH is 1. The lowest BCUT2D eigenvalue weighted by Gasteiger charge is -2.45. The first kappa shape index (κ1) is 28.9. The third-order valence-corrected chi connectivity index (χ3v) is 9.55. The van der Waals surface area contributed by atoms with Crippen LogP contribution >= 0.6 is 11.8 Å². The molecule has 3 heterocycles. The van der Waals surface area contributed by atoms with Crippen molar-refractivity contribution in [3.8, 4) is 0 Å². The molecule has 1 amide bonds. The van der Waals surface area contributed by atoms with E-state index in [1.165, 1.54) is 23.9 Å². The van der Waals surface area contributed by atoms with Gasteiger partial charge in [0.2, 0.25) is 0 Å². The Morgan fingerprint density at radius 2 is 1.98 bits per heavy atom. The number of rotatable bonds is 9. The number of fused-ring (bicyclic) bond motifs is 1. The van der Waals surface area contributed by atoms with Crippen LogP contribution in [0.3, 0.4) is 0 Å². The number of aryl methyl sites for hydroxylation is 1. The molecule has 2 fully saturated rings. The van der Waals surface area contributed by atoms with Crippen molar-refractivity contribution >= 4 is 28.6 Å². The van der Waals surface area contributed by atoms with E-state index in [1.807, 2.05) is 26.2 Å². The van der Waals surface area contributed by atoms with Crippen LogP contribution in [0.4, 0.5) is 4.39 Å². The number of benzene rings is 1. The number of carbonyl (C=O) groups excluding carboxylic acids is 1. The number of carbonyl (C=O) groups is 1. The summed E-state index contributed by atoms with van der Waals surface area (Å²) in [6.45, 7) is 7.17. The van der Waals surface area contributed by atoms with E-state index in [-0.39, 0.29) is 42.0 Å². The quantitative estimate of drug-likeness (QED) is 0.287. The van der Waals surface area contributed by atoms with E-state index in [0.717, 1.165) is 42.0 Å². The van der Waals surface area contributed by atoms with Crippen molar-refractivity contribution in [2.24, 2.45) is 5.92 Å². The van der Waals surface area contributed by atoms with Gasteiger partial charge < -0.3 is 30.0 Å². The van der Waals surface area contributed by atoms with Crippen LogP contribution in [-0.4, -0.2) is 58.2 Å². The lowest BCUT2D eigenvalue weighted by molar-refractivity contribution is -0.104. The van der Waals surface area contributed by atoms with E-state index >= 15 is 0 Å². The molecular formula is C30H39FN4O4S. The largest absolute Gasteiger partial charge is 0.394 e. The number of aliphatic hydroxyl groups is 1. The molecule has 1 aromatic carbocycles. The number of thioether (sulfide) groups is 1. The number of aromatic nitrogens is 2. The van der Waals surface area contributed by atoms with Crippen molar-refractivity contribution in [2.45, 2.75) is 75.5 Å². The second-order valence-electron chi connectivity index (χ2n) is 11.4. The highest BCUT2D eigenvalue weighted by atomic mass is 32.2. The number of nitrogens with zero attached hydrogens (tertiary/aromatic N) is 1. The molecule has 3 aromatic rings. The molecule has 2 aromatic heterocycles. The summed E-state index contributed by atoms with van der Waals surface area (Å²) in [4.78, 5) is 29.8. The third-order valence-electron chi connectivity index (χ3n) is 8.75. The number of ether oxygens (including phenoxy) is 1. The van der Waals surface area contributed by atoms with Crippen molar-refractivity contribution in [1.82, 2.24) is 20.2 Å². The monoisotopic (exact) mass is 570 g/mol. The second-order valence-corrected chi connectivity index (χ2v) is 12.3. The first-order chi connectivity index (χ1) is 19.2. The van der Waals surface area contributed by atoms with Gasteiger partial charge in [-0.2, -0.15) is 0 Å². The van der Waals surface area contributed by atoms with Crippen LogP contribution in [0.15, 0.2) is 34.0 Å². The number of aromatic amines is 1. The Labute approximate surface area is 238 Å². The molecule has 0 bridgehead atoms. The molecule has 216 valence electrons. The molecule has 2 aliphatic rings. The fraction of sp³-hybridized carbons (Fsp3) is 0.533. The molecule has 0 radical (unpaired) electrons. The minimum atomic E-state index is -0.342. The molecule has 5 rings (SSSR count). The summed E-state index contributed by atoms with van der Waals surface area (Å²) in [6, 6.07) is 6.88. The maximum absolute atomic E-state index is 14.5. The standard InChI is InChI=1S/C30H39FN4O4S/c1-17-11-26(40-4)24(28(37)33-17)13-32-29(38)27-19(3)35(25-12-21(31)7-10-23(25)27)18(2)20-5-8-22(9-6-20)34-30(14-36)15-39-16-30/h7,10-12,18,20,22,34,36H,5-6,8-9,13-16H2,1-4H3,(H,32,38)(H,33,37)/t18-,20?,22?/m1/s1. The zero-order valence-corrected chi connectivity index (χ0v) is 24.4. The maximum Gasteiger partial charge on any atom is 0.254 e. The molecule has 1 aliphatic carbocycles. The summed E-state index contributed by atoms with van der Waals surface area (Å²) in [7, 11) is 0. The Hall–Kier alpha value is -2.66. The summed E-state index contributed by atoms with van der Waals surface area (Å²) < 4.78 is 21.9. The van der Waals surface area contributed by atoms with Gasteiger partial charge in [0.25, 0.3) is 11.5 Å². The van der Waals surface area contributed by atoms with E-state index in [2.05, 4.69) is 27.1 Å². The molecule has 40 heavy (non-hydrogen) atoms. The van der Waals surface area contributed by atoms with Crippen LogP contribution in [0.1, 0.15) is 66.0 Å². The predicted molar refractivity (Wildman–Crippen MR) is 156 cm³/mol. The Kier molecular flexibility index (Phi) is 8.42. The summed E-state index contributed by atoms with van der Waals surface area (Å²) in [5.41, 5.74) is 2.79. The summed E-state index contributed by atoms with van der Waals surface area (Å²) >= 11 is 1.47. The number of amides is 1. The van der Waals surface area contributed by atoms with E-state index in [0.29, 0.717) is 47.2 Å².